The van der Waals surface area contributed by atoms with E-state index in [1.54, 1.807) is 0 Å². The second-order valence-corrected chi connectivity index (χ2v) is 11.2. The number of aromatic hydroxyl groups is 1. The summed E-state index contributed by atoms with van der Waals surface area (Å²) in [5, 5.41) is 10.1. The van der Waals surface area contributed by atoms with Crippen molar-refractivity contribution in [2.24, 2.45) is 5.92 Å². The smallest absolute Gasteiger partial charge is 0.224 e. The second-order valence-electron chi connectivity index (χ2n) is 11.2. The summed E-state index contributed by atoms with van der Waals surface area (Å²) >= 11 is 0. The molecule has 1 aliphatic carbocycles. The molecule has 3 aromatic carbocycles. The van der Waals surface area contributed by atoms with Crippen LogP contribution in [-0.2, 0) is 23.1 Å². The molecule has 36 heavy (non-hydrogen) atoms. The van der Waals surface area contributed by atoms with Gasteiger partial charge in [-0.05, 0) is 77.1 Å². The molecule has 1 amide bonds. The lowest BCUT2D eigenvalue weighted by Gasteiger charge is -2.54. The van der Waals surface area contributed by atoms with Gasteiger partial charge in [0, 0.05) is 25.6 Å². The Morgan fingerprint density at radius 2 is 1.78 bits per heavy atom. The topological polar surface area (TPSA) is 43.8 Å². The third kappa shape index (κ3) is 3.83. The lowest BCUT2D eigenvalue weighted by atomic mass is 9.59. The normalized spacial score (nSPS) is 27.3. The van der Waals surface area contributed by atoms with E-state index in [9.17, 15) is 9.90 Å². The van der Waals surface area contributed by atoms with E-state index in [4.69, 9.17) is 0 Å². The van der Waals surface area contributed by atoms with E-state index >= 15 is 0 Å². The Labute approximate surface area is 214 Å². The molecule has 3 aliphatic rings. The zero-order valence-corrected chi connectivity index (χ0v) is 21.4. The summed E-state index contributed by atoms with van der Waals surface area (Å²) in [5.41, 5.74) is 6.55. The van der Waals surface area contributed by atoms with Gasteiger partial charge in [-0.1, -0.05) is 74.5 Å². The van der Waals surface area contributed by atoms with E-state index in [2.05, 4.69) is 78.2 Å². The number of piperidine rings is 1. The maximum Gasteiger partial charge on any atom is 0.224 e. The van der Waals surface area contributed by atoms with Gasteiger partial charge < -0.3 is 10.0 Å². The van der Waals surface area contributed by atoms with Gasteiger partial charge in [-0.2, -0.15) is 0 Å². The molecule has 4 heteroatoms. The quantitative estimate of drug-likeness (QED) is 0.538. The molecule has 4 atom stereocenters. The zero-order chi connectivity index (χ0) is 24.9. The van der Waals surface area contributed by atoms with E-state index < -0.39 is 0 Å². The van der Waals surface area contributed by atoms with Crippen molar-refractivity contribution in [2.45, 2.75) is 57.0 Å². The summed E-state index contributed by atoms with van der Waals surface area (Å²) in [7, 11) is 0. The molecule has 2 heterocycles. The van der Waals surface area contributed by atoms with Crippen LogP contribution in [0, 0.1) is 5.92 Å². The van der Waals surface area contributed by atoms with Crippen LogP contribution < -0.4 is 0 Å². The second kappa shape index (κ2) is 9.08. The van der Waals surface area contributed by atoms with Gasteiger partial charge in [0.05, 0.1) is 6.04 Å². The van der Waals surface area contributed by atoms with Crippen molar-refractivity contribution in [3.8, 4) is 5.75 Å². The molecule has 3 aromatic rings. The van der Waals surface area contributed by atoms with Gasteiger partial charge in [0.15, 0.2) is 0 Å². The number of carbonyl (C=O) groups excluding carboxylic acids is 1. The minimum absolute atomic E-state index is 0.0125. The number of likely N-dealkylation sites (tertiary alicyclic amines) is 1. The van der Waals surface area contributed by atoms with Crippen LogP contribution >= 0.6 is 0 Å². The predicted octanol–water partition coefficient (Wildman–Crippen LogP) is 5.48. The average molecular weight is 481 g/mol. The molecule has 0 radical (unpaired) electrons. The molecule has 0 spiro atoms. The SMILES string of the molecule is C[C@H]1[C@H]2Cc3ccc(O)cc3[C@]1(C)CCN2CCC(=O)N1CCc2ccccc2[C@H]1c1ccccc1. The third-order valence-corrected chi connectivity index (χ3v) is 9.44. The average Bonchev–Trinajstić information content (AvgIpc) is 2.90. The standard InChI is InChI=1S/C32H36N2O2/c1-22-29-20-25-12-13-26(35)21-28(25)32(22,2)16-19-33(29)17-15-30(36)34-18-14-23-8-6-7-11-27(23)31(34)24-9-4-3-5-10-24/h3-13,21-22,29,31,35H,14-20H2,1-2H3/t22-,29+,31+,32+/m0/s1. The highest BCUT2D eigenvalue weighted by molar-refractivity contribution is 5.78. The monoisotopic (exact) mass is 480 g/mol. The number of amides is 1. The van der Waals surface area contributed by atoms with E-state index in [1.807, 2.05) is 18.2 Å². The summed E-state index contributed by atoms with van der Waals surface area (Å²) < 4.78 is 0. The van der Waals surface area contributed by atoms with E-state index in [1.165, 1.54) is 27.8 Å². The molecule has 4 nitrogen and oxygen atoms in total. The van der Waals surface area contributed by atoms with Gasteiger partial charge in [-0.25, -0.2) is 0 Å². The highest BCUT2D eigenvalue weighted by atomic mass is 16.3. The minimum Gasteiger partial charge on any atom is -0.508 e. The predicted molar refractivity (Wildman–Crippen MR) is 143 cm³/mol. The van der Waals surface area contributed by atoms with Crippen molar-refractivity contribution in [2.75, 3.05) is 19.6 Å². The molecular weight excluding hydrogens is 444 g/mol. The van der Waals surface area contributed by atoms with Crippen LogP contribution in [0.2, 0.25) is 0 Å². The number of fused-ring (bicyclic) bond motifs is 5. The number of nitrogens with zero attached hydrogens (tertiary/aromatic N) is 2. The third-order valence-electron chi connectivity index (χ3n) is 9.44. The Hall–Kier alpha value is -3.11. The Bertz CT molecular complexity index is 1270. The Kier molecular flexibility index (Phi) is 5.88. The maximum atomic E-state index is 13.8. The fraction of sp³-hybridized carbons (Fsp3) is 0.406. The first-order valence-corrected chi connectivity index (χ1v) is 13.4. The molecule has 1 saturated heterocycles. The van der Waals surface area contributed by atoms with Crippen molar-refractivity contribution in [1.82, 2.24) is 9.80 Å². The summed E-state index contributed by atoms with van der Waals surface area (Å²) in [5.74, 6) is 1.10. The largest absolute Gasteiger partial charge is 0.508 e. The van der Waals surface area contributed by atoms with Gasteiger partial charge in [-0.3, -0.25) is 9.69 Å². The van der Waals surface area contributed by atoms with Crippen molar-refractivity contribution in [1.29, 1.82) is 0 Å². The van der Waals surface area contributed by atoms with Crippen LogP contribution in [0.3, 0.4) is 0 Å². The van der Waals surface area contributed by atoms with Crippen molar-refractivity contribution in [3.05, 3.63) is 101 Å². The zero-order valence-electron chi connectivity index (χ0n) is 21.4. The fourth-order valence-electron chi connectivity index (χ4n) is 7.19. The number of carbonyl (C=O) groups is 1. The maximum absolute atomic E-state index is 13.8. The molecule has 6 rings (SSSR count). The summed E-state index contributed by atoms with van der Waals surface area (Å²) in [4.78, 5) is 18.4. The summed E-state index contributed by atoms with van der Waals surface area (Å²) in [6.07, 6.45) is 3.51. The first kappa shape index (κ1) is 23.3. The van der Waals surface area contributed by atoms with Crippen LogP contribution in [0.4, 0.5) is 0 Å². The van der Waals surface area contributed by atoms with Gasteiger partial charge in [-0.15, -0.1) is 0 Å². The molecule has 1 N–H and O–H groups in total. The van der Waals surface area contributed by atoms with E-state index in [-0.39, 0.29) is 17.4 Å². The highest BCUT2D eigenvalue weighted by Gasteiger charge is 2.48. The number of phenolic OH excluding ortho intramolecular Hbond substituents is 1. The van der Waals surface area contributed by atoms with Crippen LogP contribution in [0.25, 0.3) is 0 Å². The Morgan fingerprint density at radius 3 is 2.61 bits per heavy atom. The van der Waals surface area contributed by atoms with Crippen molar-refractivity contribution >= 4 is 5.91 Å². The first-order valence-electron chi connectivity index (χ1n) is 13.4. The van der Waals surface area contributed by atoms with Gasteiger partial charge >= 0.3 is 0 Å². The van der Waals surface area contributed by atoms with Gasteiger partial charge in [0.25, 0.3) is 0 Å². The van der Waals surface area contributed by atoms with E-state index in [0.29, 0.717) is 24.1 Å². The lowest BCUT2D eigenvalue weighted by molar-refractivity contribution is -0.134. The highest BCUT2D eigenvalue weighted by Crippen LogP contribution is 2.49. The van der Waals surface area contributed by atoms with Crippen LogP contribution in [0.15, 0.2) is 72.8 Å². The van der Waals surface area contributed by atoms with Crippen LogP contribution in [0.1, 0.15) is 60.5 Å². The van der Waals surface area contributed by atoms with E-state index in [0.717, 1.165) is 38.9 Å². The Morgan fingerprint density at radius 1 is 1.00 bits per heavy atom. The first-order chi connectivity index (χ1) is 17.5. The van der Waals surface area contributed by atoms with Crippen molar-refractivity contribution in [3.63, 3.8) is 0 Å². The number of rotatable bonds is 4. The molecule has 0 aromatic heterocycles. The summed E-state index contributed by atoms with van der Waals surface area (Å²) in [6, 6.07) is 25.4. The summed E-state index contributed by atoms with van der Waals surface area (Å²) in [6.45, 7) is 7.29. The molecule has 186 valence electrons. The lowest BCUT2D eigenvalue weighted by Crippen LogP contribution is -2.58. The number of hydrogen-bond donors (Lipinski definition) is 1. The van der Waals surface area contributed by atoms with Crippen molar-refractivity contribution < 1.29 is 9.90 Å². The fourth-order valence-corrected chi connectivity index (χ4v) is 7.19. The molecule has 0 unspecified atom stereocenters. The molecule has 0 saturated carbocycles. The molecule has 2 aliphatic heterocycles. The number of hydrogen-bond acceptors (Lipinski definition) is 3. The minimum atomic E-state index is -0.0125. The van der Waals surface area contributed by atoms with Gasteiger partial charge in [0.2, 0.25) is 5.91 Å². The van der Waals surface area contributed by atoms with Crippen LogP contribution in [-0.4, -0.2) is 46.5 Å². The van der Waals surface area contributed by atoms with Gasteiger partial charge in [0.1, 0.15) is 5.75 Å². The molecule has 1 fully saturated rings. The molecule has 2 bridgehead atoms. The number of phenols is 1. The Balaban J connectivity index is 1.21. The van der Waals surface area contributed by atoms with Crippen LogP contribution in [0.5, 0.6) is 5.75 Å². The molecular formula is C32H36N2O2. The number of benzene rings is 3.